The van der Waals surface area contributed by atoms with Gasteiger partial charge in [-0.2, -0.15) is 18.4 Å². The van der Waals surface area contributed by atoms with E-state index in [1.165, 1.54) is 0 Å². The number of amidine groups is 1. The molecule has 14 heteroatoms. The van der Waals surface area contributed by atoms with Crippen molar-refractivity contribution in [3.05, 3.63) is 64.2 Å². The van der Waals surface area contributed by atoms with E-state index in [0.29, 0.717) is 4.90 Å². The lowest BCUT2D eigenvalue weighted by molar-refractivity contribution is -0.384. The summed E-state index contributed by atoms with van der Waals surface area (Å²) in [6.07, 6.45) is 0. The summed E-state index contributed by atoms with van der Waals surface area (Å²) in [6, 6.07) is 7.92. The monoisotopic (exact) mass is 459 g/mol. The van der Waals surface area contributed by atoms with Gasteiger partial charge in [-0.15, -0.1) is 0 Å². The van der Waals surface area contributed by atoms with Crippen LogP contribution in [-0.4, -0.2) is 54.7 Å². The van der Waals surface area contributed by atoms with Gasteiger partial charge in [-0.1, -0.05) is 0 Å². The van der Waals surface area contributed by atoms with E-state index >= 15 is 0 Å². The summed E-state index contributed by atoms with van der Waals surface area (Å²) in [5.41, 5.74) is 4.66. The quantitative estimate of drug-likeness (QED) is 0.384. The molecule has 1 aliphatic heterocycles. The van der Waals surface area contributed by atoms with Crippen LogP contribution in [0.2, 0.25) is 0 Å². The standard InChI is InChI=1S/C18H13N5O8S/c1-22-17(25)14(15(19)21-18(22)26)20-16(24)10-2-8-13(9-3-10)32(29,30)31-12-6-4-11(5-7-12)23(27)28/h2-9H,1H3,(H2,19,21,26). The van der Waals surface area contributed by atoms with Gasteiger partial charge in [0.1, 0.15) is 10.6 Å². The molecule has 0 saturated carbocycles. The molecule has 2 aromatic rings. The lowest BCUT2D eigenvalue weighted by atomic mass is 10.2. The molecule has 164 valence electrons. The molecule has 0 radical (unpaired) electrons. The maximum absolute atomic E-state index is 12.4. The topological polar surface area (TPSA) is 192 Å². The molecular formula is C18H13N5O8S. The molecule has 13 nitrogen and oxygen atoms in total. The Labute approximate surface area is 180 Å². The van der Waals surface area contributed by atoms with Crippen molar-refractivity contribution in [3.8, 4) is 5.75 Å². The lowest BCUT2D eigenvalue weighted by Crippen LogP contribution is -2.48. The zero-order chi connectivity index (χ0) is 23.6. The van der Waals surface area contributed by atoms with Crippen LogP contribution < -0.4 is 9.92 Å². The zero-order valence-corrected chi connectivity index (χ0v) is 17.0. The van der Waals surface area contributed by atoms with E-state index in [2.05, 4.69) is 9.98 Å². The van der Waals surface area contributed by atoms with Crippen LogP contribution >= 0.6 is 0 Å². The average molecular weight is 459 g/mol. The fraction of sp³-hybridized carbons (Fsp3) is 0.0556. The lowest BCUT2D eigenvalue weighted by Gasteiger charge is -2.18. The molecule has 0 saturated heterocycles. The van der Waals surface area contributed by atoms with Crippen molar-refractivity contribution in [1.82, 2.24) is 4.90 Å². The number of nitrogens with zero attached hydrogens (tertiary/aromatic N) is 4. The average Bonchev–Trinajstić information content (AvgIpc) is 2.75. The largest absolute Gasteiger partial charge is 0.382 e. The third-order valence-corrected chi connectivity index (χ3v) is 5.37. The first-order valence-electron chi connectivity index (χ1n) is 8.58. The van der Waals surface area contributed by atoms with Crippen molar-refractivity contribution < 1.29 is 31.9 Å². The van der Waals surface area contributed by atoms with Gasteiger partial charge < -0.3 is 9.92 Å². The molecule has 3 rings (SSSR count). The Morgan fingerprint density at radius 1 is 1.12 bits per heavy atom. The molecule has 2 aromatic carbocycles. The van der Waals surface area contributed by atoms with E-state index in [0.717, 1.165) is 55.6 Å². The number of benzene rings is 2. The van der Waals surface area contributed by atoms with Gasteiger partial charge in [-0.05, 0) is 36.4 Å². The summed E-state index contributed by atoms with van der Waals surface area (Å²) in [6.45, 7) is 0. The highest BCUT2D eigenvalue weighted by Gasteiger charge is 2.31. The van der Waals surface area contributed by atoms with E-state index in [1.807, 2.05) is 0 Å². The van der Waals surface area contributed by atoms with Gasteiger partial charge in [-0.25, -0.2) is 4.79 Å². The van der Waals surface area contributed by atoms with Gasteiger partial charge in [0.2, 0.25) is 0 Å². The number of non-ortho nitro benzene ring substituents is 1. The number of amides is 4. The van der Waals surface area contributed by atoms with Crippen LogP contribution in [-0.2, 0) is 14.9 Å². The van der Waals surface area contributed by atoms with Crippen molar-refractivity contribution in [2.24, 2.45) is 15.7 Å². The Balaban J connectivity index is 1.80. The van der Waals surface area contributed by atoms with Crippen LogP contribution in [0, 0.1) is 10.1 Å². The maximum atomic E-state index is 12.4. The zero-order valence-electron chi connectivity index (χ0n) is 16.2. The van der Waals surface area contributed by atoms with Crippen molar-refractivity contribution >= 4 is 45.2 Å². The number of carbonyl (C=O) groups is 3. The summed E-state index contributed by atoms with van der Waals surface area (Å²) >= 11 is 0. The minimum atomic E-state index is -4.30. The van der Waals surface area contributed by atoms with Crippen molar-refractivity contribution in [1.29, 1.82) is 0 Å². The van der Waals surface area contributed by atoms with Crippen LogP contribution in [0.15, 0.2) is 63.4 Å². The number of urea groups is 1. The van der Waals surface area contributed by atoms with Gasteiger partial charge in [0.15, 0.2) is 11.5 Å². The third-order valence-electron chi connectivity index (χ3n) is 4.11. The number of nitro benzene ring substituents is 1. The molecule has 4 amide bonds. The number of nitrogens with two attached hydrogens (primary N) is 1. The van der Waals surface area contributed by atoms with E-state index in [1.54, 1.807) is 0 Å². The van der Waals surface area contributed by atoms with Crippen LogP contribution in [0.1, 0.15) is 10.4 Å². The second-order valence-corrected chi connectivity index (χ2v) is 7.77. The van der Waals surface area contributed by atoms with Gasteiger partial charge in [0.25, 0.3) is 17.5 Å². The minimum absolute atomic E-state index is 0.0769. The highest BCUT2D eigenvalue weighted by Crippen LogP contribution is 2.22. The van der Waals surface area contributed by atoms with Crippen LogP contribution in [0.3, 0.4) is 0 Å². The van der Waals surface area contributed by atoms with E-state index in [4.69, 9.17) is 9.92 Å². The summed E-state index contributed by atoms with van der Waals surface area (Å²) in [5, 5.41) is 10.7. The molecule has 0 fully saturated rings. The number of aliphatic imine (C=N–C) groups is 2. The van der Waals surface area contributed by atoms with Crippen LogP contribution in [0.25, 0.3) is 0 Å². The number of hydrogen-bond acceptors (Lipinski definition) is 9. The highest BCUT2D eigenvalue weighted by molar-refractivity contribution is 7.87. The Hall–Kier alpha value is -4.46. The fourth-order valence-electron chi connectivity index (χ4n) is 2.42. The van der Waals surface area contributed by atoms with E-state index < -0.39 is 44.4 Å². The normalized spacial score (nSPS) is 15.5. The second kappa shape index (κ2) is 8.35. The molecule has 2 N–H and O–H groups in total. The molecule has 0 bridgehead atoms. The smallest absolute Gasteiger partial charge is 0.352 e. The SMILES string of the molecule is CN1C(=O)N=C(N)C(=NC(=O)c2ccc(S(=O)(=O)Oc3ccc([N+](=O)[O-])cc3)cc2)C1=O. The van der Waals surface area contributed by atoms with Crippen molar-refractivity contribution in [3.63, 3.8) is 0 Å². The Kier molecular flexibility index (Phi) is 5.80. The van der Waals surface area contributed by atoms with Gasteiger partial charge in [0.05, 0.1) is 4.92 Å². The van der Waals surface area contributed by atoms with E-state index in [9.17, 15) is 32.9 Å². The molecule has 0 aliphatic carbocycles. The number of imide groups is 1. The highest BCUT2D eigenvalue weighted by atomic mass is 32.2. The summed E-state index contributed by atoms with van der Waals surface area (Å²) in [4.78, 5) is 53.1. The van der Waals surface area contributed by atoms with Crippen LogP contribution in [0.4, 0.5) is 10.5 Å². The summed E-state index contributed by atoms with van der Waals surface area (Å²) in [7, 11) is -3.16. The Morgan fingerprint density at radius 3 is 2.28 bits per heavy atom. The molecule has 1 heterocycles. The Morgan fingerprint density at radius 2 is 1.72 bits per heavy atom. The third kappa shape index (κ3) is 4.49. The number of hydrogen-bond donors (Lipinski definition) is 1. The molecule has 0 atom stereocenters. The van der Waals surface area contributed by atoms with Gasteiger partial charge in [-0.3, -0.25) is 24.6 Å². The fourth-order valence-corrected chi connectivity index (χ4v) is 3.35. The second-order valence-electron chi connectivity index (χ2n) is 6.22. The molecule has 0 unspecified atom stereocenters. The van der Waals surface area contributed by atoms with E-state index in [-0.39, 0.29) is 21.9 Å². The first kappa shape index (κ1) is 22.2. The maximum Gasteiger partial charge on any atom is 0.352 e. The summed E-state index contributed by atoms with van der Waals surface area (Å²) < 4.78 is 29.7. The Bertz CT molecular complexity index is 1300. The molecular weight excluding hydrogens is 446 g/mol. The van der Waals surface area contributed by atoms with Gasteiger partial charge >= 0.3 is 16.1 Å². The number of rotatable bonds is 5. The molecule has 32 heavy (non-hydrogen) atoms. The summed E-state index contributed by atoms with van der Waals surface area (Å²) in [5.74, 6) is -2.49. The predicted molar refractivity (Wildman–Crippen MR) is 109 cm³/mol. The van der Waals surface area contributed by atoms with Crippen LogP contribution in [0.5, 0.6) is 5.75 Å². The van der Waals surface area contributed by atoms with Crippen molar-refractivity contribution in [2.75, 3.05) is 7.05 Å². The molecule has 0 aromatic heterocycles. The van der Waals surface area contributed by atoms with Crippen molar-refractivity contribution in [2.45, 2.75) is 4.90 Å². The molecule has 0 spiro atoms. The number of nitro groups is 1. The first-order chi connectivity index (χ1) is 15.0. The predicted octanol–water partition coefficient (Wildman–Crippen LogP) is 0.893. The molecule has 1 aliphatic rings. The minimum Gasteiger partial charge on any atom is -0.382 e. The van der Waals surface area contributed by atoms with Gasteiger partial charge in [0, 0.05) is 24.7 Å². The first-order valence-corrected chi connectivity index (χ1v) is 9.99. The number of carbonyl (C=O) groups excluding carboxylic acids is 3.